The van der Waals surface area contributed by atoms with E-state index >= 15 is 0 Å². The Morgan fingerprint density at radius 3 is 2.40 bits per heavy atom. The molecule has 1 atom stereocenters. The molecule has 0 amide bonds. The van der Waals surface area contributed by atoms with Gasteiger partial charge in [0.15, 0.2) is 5.75 Å². The predicted molar refractivity (Wildman–Crippen MR) is 101 cm³/mol. The van der Waals surface area contributed by atoms with Crippen LogP contribution in [0.15, 0.2) is 72.8 Å². The van der Waals surface area contributed by atoms with E-state index in [-0.39, 0.29) is 0 Å². The van der Waals surface area contributed by atoms with Crippen LogP contribution in [0.25, 0.3) is 0 Å². The fourth-order valence-corrected chi connectivity index (χ4v) is 5.49. The van der Waals surface area contributed by atoms with Gasteiger partial charge in [-0.1, -0.05) is 42.5 Å². The predicted octanol–water partition coefficient (Wildman–Crippen LogP) is 5.05. The van der Waals surface area contributed by atoms with Gasteiger partial charge in [0.25, 0.3) is 0 Å². The lowest BCUT2D eigenvalue weighted by atomic mass is 10.1. The molecule has 0 aliphatic carbocycles. The van der Waals surface area contributed by atoms with Crippen molar-refractivity contribution in [2.24, 2.45) is 0 Å². The molecule has 4 rings (SSSR count). The first kappa shape index (κ1) is 15.8. The monoisotopic (exact) mass is 351 g/mol. The minimum absolute atomic E-state index is 0.611. The number of rotatable bonds is 3. The van der Waals surface area contributed by atoms with E-state index < -0.39 is 7.52 Å². The molecule has 0 bridgehead atoms. The average molecular weight is 351 g/mol. The van der Waals surface area contributed by atoms with Gasteiger partial charge in [0.05, 0.1) is 23.8 Å². The average Bonchev–Trinajstić information content (AvgIpc) is 2.95. The van der Waals surface area contributed by atoms with E-state index in [2.05, 4.69) is 0 Å². The van der Waals surface area contributed by atoms with Gasteiger partial charge in [0, 0.05) is 0 Å². The molecule has 0 N–H and O–H groups in total. The normalized spacial score (nSPS) is 18.6. The number of anilines is 2. The highest BCUT2D eigenvalue weighted by Gasteiger charge is 2.45. The molecule has 1 heterocycles. The molecule has 1 aliphatic rings. The van der Waals surface area contributed by atoms with Crippen LogP contribution in [0, 0.1) is 6.92 Å². The maximum absolute atomic E-state index is 14.1. The summed E-state index contributed by atoms with van der Waals surface area (Å²) in [5.41, 5.74) is 2.51. The standard InChI is InChI=1S/C20H18NO3P/c1-15-9-8-14-19(23-2)20(15)21-17-12-6-7-13-18(17)24-25(21,22)16-10-4-3-5-11-16/h3-14H,1-2H3. The zero-order chi connectivity index (χ0) is 17.4. The lowest BCUT2D eigenvalue weighted by Crippen LogP contribution is -2.21. The number of para-hydroxylation sites is 3. The molecular weight excluding hydrogens is 333 g/mol. The largest absolute Gasteiger partial charge is 0.495 e. The number of hydrogen-bond acceptors (Lipinski definition) is 3. The summed E-state index contributed by atoms with van der Waals surface area (Å²) in [7, 11) is -1.73. The molecule has 0 saturated heterocycles. The number of benzene rings is 3. The van der Waals surface area contributed by atoms with Gasteiger partial charge in [-0.25, -0.2) is 4.57 Å². The summed E-state index contributed by atoms with van der Waals surface area (Å²) in [6.45, 7) is 1.98. The Hall–Kier alpha value is -2.71. The summed E-state index contributed by atoms with van der Waals surface area (Å²) < 4.78 is 27.5. The summed E-state index contributed by atoms with van der Waals surface area (Å²) in [6, 6.07) is 22.7. The number of aryl methyl sites for hydroxylation is 1. The van der Waals surface area contributed by atoms with Crippen LogP contribution < -0.4 is 19.2 Å². The molecule has 0 spiro atoms. The molecule has 3 aromatic rings. The summed E-state index contributed by atoms with van der Waals surface area (Å²) in [4.78, 5) is 0. The van der Waals surface area contributed by atoms with Gasteiger partial charge in [-0.3, -0.25) is 4.67 Å². The quantitative estimate of drug-likeness (QED) is 0.619. The first-order valence-corrected chi connectivity index (χ1v) is 9.61. The molecule has 5 heteroatoms. The number of hydrogen-bond donors (Lipinski definition) is 0. The molecule has 126 valence electrons. The maximum Gasteiger partial charge on any atom is 0.379 e. The highest BCUT2D eigenvalue weighted by Crippen LogP contribution is 2.65. The van der Waals surface area contributed by atoms with E-state index in [0.29, 0.717) is 16.8 Å². The minimum atomic E-state index is -3.35. The summed E-state index contributed by atoms with van der Waals surface area (Å²) in [5.74, 6) is 1.27. The topological polar surface area (TPSA) is 38.8 Å². The Morgan fingerprint density at radius 1 is 0.920 bits per heavy atom. The van der Waals surface area contributed by atoms with Crippen LogP contribution >= 0.6 is 7.52 Å². The molecule has 25 heavy (non-hydrogen) atoms. The number of fused-ring (bicyclic) bond motifs is 1. The van der Waals surface area contributed by atoms with Gasteiger partial charge in [-0.15, -0.1) is 0 Å². The van der Waals surface area contributed by atoms with E-state index in [0.717, 1.165) is 16.9 Å². The van der Waals surface area contributed by atoms with Gasteiger partial charge in [0.1, 0.15) is 5.75 Å². The third-order valence-electron chi connectivity index (χ3n) is 4.29. The van der Waals surface area contributed by atoms with Crippen molar-refractivity contribution >= 4 is 24.2 Å². The Bertz CT molecular complexity index is 972. The molecule has 0 fully saturated rings. The molecule has 4 nitrogen and oxygen atoms in total. The SMILES string of the molecule is COc1cccc(C)c1N1c2ccccc2OP1(=O)c1ccccc1. The zero-order valence-electron chi connectivity index (χ0n) is 14.0. The molecule has 3 aromatic carbocycles. The molecule has 1 unspecified atom stereocenters. The van der Waals surface area contributed by atoms with Crippen molar-refractivity contribution in [3.05, 3.63) is 78.4 Å². The van der Waals surface area contributed by atoms with E-state index in [1.165, 1.54) is 0 Å². The second kappa shape index (κ2) is 5.98. The van der Waals surface area contributed by atoms with Crippen LogP contribution in [0.2, 0.25) is 0 Å². The van der Waals surface area contributed by atoms with Gasteiger partial charge < -0.3 is 9.26 Å². The molecular formula is C20H18NO3P. The maximum atomic E-state index is 14.1. The second-order valence-corrected chi connectivity index (χ2v) is 7.99. The molecule has 0 aromatic heterocycles. The summed E-state index contributed by atoms with van der Waals surface area (Å²) >= 11 is 0. The zero-order valence-corrected chi connectivity index (χ0v) is 14.9. The van der Waals surface area contributed by atoms with Gasteiger partial charge >= 0.3 is 7.52 Å². The highest BCUT2D eigenvalue weighted by atomic mass is 31.2. The smallest absolute Gasteiger partial charge is 0.379 e. The molecule has 0 saturated carbocycles. The van der Waals surface area contributed by atoms with E-state index in [1.807, 2.05) is 79.7 Å². The Balaban J connectivity index is 2.01. The van der Waals surface area contributed by atoms with Crippen molar-refractivity contribution in [3.8, 4) is 11.5 Å². The second-order valence-electron chi connectivity index (χ2n) is 5.85. The van der Waals surface area contributed by atoms with Crippen LogP contribution in [-0.4, -0.2) is 7.11 Å². The Labute approximate surface area is 147 Å². The lowest BCUT2D eigenvalue weighted by molar-refractivity contribution is 0.415. The molecule has 1 aliphatic heterocycles. The van der Waals surface area contributed by atoms with Crippen LogP contribution in [0.4, 0.5) is 11.4 Å². The van der Waals surface area contributed by atoms with Crippen molar-refractivity contribution < 1.29 is 13.8 Å². The third kappa shape index (κ3) is 2.41. The van der Waals surface area contributed by atoms with E-state index in [9.17, 15) is 4.57 Å². The lowest BCUT2D eigenvalue weighted by Gasteiger charge is -2.27. The first-order valence-electron chi connectivity index (χ1n) is 8.03. The Morgan fingerprint density at radius 2 is 1.64 bits per heavy atom. The van der Waals surface area contributed by atoms with Gasteiger partial charge in [-0.2, -0.15) is 0 Å². The highest BCUT2D eigenvalue weighted by molar-refractivity contribution is 7.69. The van der Waals surface area contributed by atoms with Crippen LogP contribution in [0.5, 0.6) is 11.5 Å². The van der Waals surface area contributed by atoms with Crippen LogP contribution in [0.3, 0.4) is 0 Å². The van der Waals surface area contributed by atoms with E-state index in [1.54, 1.807) is 11.8 Å². The number of methoxy groups -OCH3 is 1. The number of nitrogens with zero attached hydrogens (tertiary/aromatic N) is 1. The first-order chi connectivity index (χ1) is 12.1. The minimum Gasteiger partial charge on any atom is -0.495 e. The van der Waals surface area contributed by atoms with Crippen LogP contribution in [-0.2, 0) is 4.57 Å². The van der Waals surface area contributed by atoms with Crippen molar-refractivity contribution in [1.29, 1.82) is 0 Å². The number of ether oxygens (including phenoxy) is 1. The van der Waals surface area contributed by atoms with Crippen molar-refractivity contribution in [2.45, 2.75) is 6.92 Å². The van der Waals surface area contributed by atoms with Gasteiger partial charge in [-0.05, 0) is 42.8 Å². The van der Waals surface area contributed by atoms with Crippen molar-refractivity contribution in [1.82, 2.24) is 0 Å². The molecule has 0 radical (unpaired) electrons. The Kier molecular flexibility index (Phi) is 3.78. The summed E-state index contributed by atoms with van der Waals surface area (Å²) in [6.07, 6.45) is 0. The third-order valence-corrected chi connectivity index (χ3v) is 6.63. The summed E-state index contributed by atoms with van der Waals surface area (Å²) in [5, 5.41) is 0.650. The van der Waals surface area contributed by atoms with Crippen LogP contribution in [0.1, 0.15) is 5.56 Å². The van der Waals surface area contributed by atoms with E-state index in [4.69, 9.17) is 9.26 Å². The van der Waals surface area contributed by atoms with Crippen molar-refractivity contribution in [3.63, 3.8) is 0 Å². The fraction of sp³-hybridized carbons (Fsp3) is 0.100. The van der Waals surface area contributed by atoms with Gasteiger partial charge in [0.2, 0.25) is 0 Å². The fourth-order valence-electron chi connectivity index (χ4n) is 3.13. The van der Waals surface area contributed by atoms with Crippen molar-refractivity contribution in [2.75, 3.05) is 11.8 Å².